The molecule has 2 aliphatic rings. The predicted octanol–water partition coefficient (Wildman–Crippen LogP) is 1.59. The van der Waals surface area contributed by atoms with E-state index in [1.807, 2.05) is 12.1 Å². The minimum Gasteiger partial charge on any atom is -0.476 e. The molecule has 1 aromatic rings. The molecule has 2 N–H and O–H groups in total. The second-order valence-electron chi connectivity index (χ2n) is 6.12. The van der Waals surface area contributed by atoms with Crippen molar-refractivity contribution in [2.24, 2.45) is 5.92 Å². The minimum atomic E-state index is 0.459. The summed E-state index contributed by atoms with van der Waals surface area (Å²) in [6.07, 6.45) is 2.55. The number of likely N-dealkylation sites (N-methyl/N-ethyl adjacent to an activating group) is 1. The van der Waals surface area contributed by atoms with Crippen LogP contribution < -0.4 is 15.4 Å². The van der Waals surface area contributed by atoms with Crippen molar-refractivity contribution in [2.45, 2.75) is 25.8 Å². The van der Waals surface area contributed by atoms with E-state index in [0.29, 0.717) is 23.5 Å². The lowest BCUT2D eigenvalue weighted by molar-refractivity contribution is 0.272. The summed E-state index contributed by atoms with van der Waals surface area (Å²) >= 11 is 0. The SMILES string of the molecule is CC1CN(C)CCN1c1ccc(N)c(OCC2CC2)n1. The van der Waals surface area contributed by atoms with Crippen LogP contribution in [-0.4, -0.2) is 49.2 Å². The van der Waals surface area contributed by atoms with Gasteiger partial charge in [0.05, 0.1) is 12.3 Å². The number of nitrogens with zero attached hydrogens (tertiary/aromatic N) is 3. The standard InChI is InChI=1S/C15H24N4O/c1-11-9-18(2)7-8-19(11)14-6-5-13(16)15(17-14)20-10-12-3-4-12/h5-6,11-12H,3-4,7-10,16H2,1-2H3. The summed E-state index contributed by atoms with van der Waals surface area (Å²) in [5, 5.41) is 0. The molecular formula is C15H24N4O. The summed E-state index contributed by atoms with van der Waals surface area (Å²) in [6.45, 7) is 6.10. The van der Waals surface area contributed by atoms with E-state index < -0.39 is 0 Å². The maximum absolute atomic E-state index is 5.97. The molecule has 5 nitrogen and oxygen atoms in total. The number of ether oxygens (including phenoxy) is 1. The van der Waals surface area contributed by atoms with E-state index in [2.05, 4.69) is 28.8 Å². The fraction of sp³-hybridized carbons (Fsp3) is 0.667. The Morgan fingerprint density at radius 3 is 2.85 bits per heavy atom. The molecule has 1 aliphatic carbocycles. The molecule has 1 atom stereocenters. The third-order valence-electron chi connectivity index (χ3n) is 4.15. The normalized spacial score (nSPS) is 23.9. The molecule has 2 heterocycles. The summed E-state index contributed by atoms with van der Waals surface area (Å²) in [5.74, 6) is 2.29. The van der Waals surface area contributed by atoms with E-state index in [1.54, 1.807) is 0 Å². The van der Waals surface area contributed by atoms with Crippen molar-refractivity contribution >= 4 is 11.5 Å². The summed E-state index contributed by atoms with van der Waals surface area (Å²) < 4.78 is 5.78. The number of hydrogen-bond acceptors (Lipinski definition) is 5. The van der Waals surface area contributed by atoms with Crippen LogP contribution in [0.25, 0.3) is 0 Å². The Kier molecular flexibility index (Phi) is 3.70. The number of piperazine rings is 1. The average molecular weight is 276 g/mol. The van der Waals surface area contributed by atoms with Gasteiger partial charge in [0.25, 0.3) is 0 Å². The van der Waals surface area contributed by atoms with E-state index >= 15 is 0 Å². The number of hydrogen-bond donors (Lipinski definition) is 1. The Labute approximate surface area is 120 Å². The zero-order chi connectivity index (χ0) is 14.1. The maximum atomic E-state index is 5.97. The molecule has 0 amide bonds. The topological polar surface area (TPSA) is 54.6 Å². The molecule has 0 aromatic carbocycles. The van der Waals surface area contributed by atoms with Gasteiger partial charge in [-0.15, -0.1) is 0 Å². The van der Waals surface area contributed by atoms with Crippen LogP contribution in [0.3, 0.4) is 0 Å². The molecule has 0 spiro atoms. The van der Waals surface area contributed by atoms with Crippen molar-refractivity contribution in [3.05, 3.63) is 12.1 Å². The van der Waals surface area contributed by atoms with Gasteiger partial charge in [-0.1, -0.05) is 0 Å². The van der Waals surface area contributed by atoms with Crippen LogP contribution in [0.4, 0.5) is 11.5 Å². The number of nitrogens with two attached hydrogens (primary N) is 1. The Hall–Kier alpha value is -1.49. The molecule has 20 heavy (non-hydrogen) atoms. The Morgan fingerprint density at radius 1 is 1.35 bits per heavy atom. The number of nitrogen functional groups attached to an aromatic ring is 1. The van der Waals surface area contributed by atoms with Gasteiger partial charge in [-0.05, 0) is 44.9 Å². The molecule has 1 aromatic heterocycles. The maximum Gasteiger partial charge on any atom is 0.239 e. The van der Waals surface area contributed by atoms with Crippen molar-refractivity contribution in [3.8, 4) is 5.88 Å². The zero-order valence-corrected chi connectivity index (χ0v) is 12.4. The minimum absolute atomic E-state index is 0.459. The quantitative estimate of drug-likeness (QED) is 0.905. The van der Waals surface area contributed by atoms with Gasteiger partial charge in [-0.3, -0.25) is 0 Å². The first-order valence-corrected chi connectivity index (χ1v) is 7.48. The average Bonchev–Trinajstić information content (AvgIpc) is 3.22. The molecule has 3 rings (SSSR count). The van der Waals surface area contributed by atoms with Crippen LogP contribution in [0.15, 0.2) is 12.1 Å². The first-order valence-electron chi connectivity index (χ1n) is 7.48. The Balaban J connectivity index is 1.73. The number of aromatic nitrogens is 1. The molecule has 0 radical (unpaired) electrons. The van der Waals surface area contributed by atoms with Crippen molar-refractivity contribution < 1.29 is 4.74 Å². The van der Waals surface area contributed by atoms with Gasteiger partial charge >= 0.3 is 0 Å². The monoisotopic (exact) mass is 276 g/mol. The van der Waals surface area contributed by atoms with Gasteiger partial charge in [-0.2, -0.15) is 4.98 Å². The van der Waals surface area contributed by atoms with Crippen LogP contribution in [0.5, 0.6) is 5.88 Å². The lowest BCUT2D eigenvalue weighted by Gasteiger charge is -2.39. The van der Waals surface area contributed by atoms with E-state index in [4.69, 9.17) is 10.5 Å². The fourth-order valence-electron chi connectivity index (χ4n) is 2.68. The van der Waals surface area contributed by atoms with Crippen molar-refractivity contribution in [1.29, 1.82) is 0 Å². The summed E-state index contributed by atoms with van der Waals surface area (Å²) in [6, 6.07) is 4.37. The first kappa shape index (κ1) is 13.5. The Morgan fingerprint density at radius 2 is 2.15 bits per heavy atom. The van der Waals surface area contributed by atoms with E-state index in [0.717, 1.165) is 32.1 Å². The molecule has 110 valence electrons. The third-order valence-corrected chi connectivity index (χ3v) is 4.15. The zero-order valence-electron chi connectivity index (χ0n) is 12.4. The van der Waals surface area contributed by atoms with Gasteiger partial charge in [0.15, 0.2) is 0 Å². The summed E-state index contributed by atoms with van der Waals surface area (Å²) in [5.41, 5.74) is 6.60. The predicted molar refractivity (Wildman–Crippen MR) is 81.2 cm³/mol. The van der Waals surface area contributed by atoms with Gasteiger partial charge in [0, 0.05) is 25.7 Å². The van der Waals surface area contributed by atoms with Gasteiger partial charge in [-0.25, -0.2) is 0 Å². The molecule has 1 saturated heterocycles. The molecule has 1 unspecified atom stereocenters. The van der Waals surface area contributed by atoms with Crippen LogP contribution in [-0.2, 0) is 0 Å². The van der Waals surface area contributed by atoms with Gasteiger partial charge in [0.2, 0.25) is 5.88 Å². The molecule has 1 aliphatic heterocycles. The highest BCUT2D eigenvalue weighted by Gasteiger charge is 2.25. The summed E-state index contributed by atoms with van der Waals surface area (Å²) in [4.78, 5) is 9.32. The second kappa shape index (κ2) is 5.48. The summed E-state index contributed by atoms with van der Waals surface area (Å²) in [7, 11) is 2.16. The second-order valence-corrected chi connectivity index (χ2v) is 6.12. The van der Waals surface area contributed by atoms with Gasteiger partial charge in [0.1, 0.15) is 5.82 Å². The molecular weight excluding hydrogens is 252 g/mol. The van der Waals surface area contributed by atoms with E-state index in [-0.39, 0.29) is 0 Å². The van der Waals surface area contributed by atoms with Crippen molar-refractivity contribution in [2.75, 3.05) is 43.9 Å². The molecule has 1 saturated carbocycles. The largest absolute Gasteiger partial charge is 0.476 e. The molecule has 5 heteroatoms. The lowest BCUT2D eigenvalue weighted by atomic mass is 10.2. The van der Waals surface area contributed by atoms with Crippen LogP contribution >= 0.6 is 0 Å². The highest BCUT2D eigenvalue weighted by Crippen LogP contribution is 2.31. The van der Waals surface area contributed by atoms with Crippen LogP contribution in [0.1, 0.15) is 19.8 Å². The highest BCUT2D eigenvalue weighted by molar-refractivity contribution is 5.55. The highest BCUT2D eigenvalue weighted by atomic mass is 16.5. The Bertz CT molecular complexity index is 475. The van der Waals surface area contributed by atoms with Crippen molar-refractivity contribution in [3.63, 3.8) is 0 Å². The van der Waals surface area contributed by atoms with Gasteiger partial charge < -0.3 is 20.3 Å². The van der Waals surface area contributed by atoms with E-state index in [9.17, 15) is 0 Å². The molecule has 2 fully saturated rings. The first-order chi connectivity index (χ1) is 9.63. The molecule has 0 bridgehead atoms. The third kappa shape index (κ3) is 2.98. The number of anilines is 2. The van der Waals surface area contributed by atoms with Crippen molar-refractivity contribution in [1.82, 2.24) is 9.88 Å². The number of pyridine rings is 1. The smallest absolute Gasteiger partial charge is 0.239 e. The van der Waals surface area contributed by atoms with Crippen LogP contribution in [0, 0.1) is 5.92 Å². The van der Waals surface area contributed by atoms with E-state index in [1.165, 1.54) is 12.8 Å². The fourth-order valence-corrected chi connectivity index (χ4v) is 2.68. The number of rotatable bonds is 4. The lowest BCUT2D eigenvalue weighted by Crippen LogP contribution is -2.50. The van der Waals surface area contributed by atoms with Crippen LogP contribution in [0.2, 0.25) is 0 Å².